The molecule has 0 aliphatic heterocycles. The first kappa shape index (κ1) is 18.6. The van der Waals surface area contributed by atoms with E-state index in [0.29, 0.717) is 18.7 Å². The number of nitrogens with one attached hydrogen (secondary N) is 2. The molecule has 0 aliphatic rings. The second kappa shape index (κ2) is 10.3. The summed E-state index contributed by atoms with van der Waals surface area (Å²) in [5, 5.41) is 13.0. The van der Waals surface area contributed by atoms with E-state index >= 15 is 0 Å². The molecule has 124 valence electrons. The number of hydrogen-bond acceptors (Lipinski definition) is 5. The van der Waals surface area contributed by atoms with Crippen molar-refractivity contribution in [3.63, 3.8) is 0 Å². The first-order valence-corrected chi connectivity index (χ1v) is 7.91. The molecule has 0 bridgehead atoms. The van der Waals surface area contributed by atoms with Crippen molar-refractivity contribution in [3.8, 4) is 0 Å². The third-order valence-electron chi connectivity index (χ3n) is 3.48. The van der Waals surface area contributed by atoms with Crippen molar-refractivity contribution in [1.29, 1.82) is 0 Å². The molecule has 0 fully saturated rings. The van der Waals surface area contributed by atoms with Gasteiger partial charge in [-0.25, -0.2) is 4.79 Å². The summed E-state index contributed by atoms with van der Waals surface area (Å²) in [4.78, 5) is 16.6. The van der Waals surface area contributed by atoms with Gasteiger partial charge in [0.1, 0.15) is 0 Å². The van der Waals surface area contributed by atoms with Gasteiger partial charge in [0.15, 0.2) is 0 Å². The topological polar surface area (TPSA) is 70.6 Å². The molecule has 0 aliphatic carbocycles. The van der Waals surface area contributed by atoms with Crippen molar-refractivity contribution >= 4 is 5.97 Å². The number of carbonyl (C=O) groups is 1. The molecule has 3 N–H and O–H groups in total. The number of aliphatic hydroxyl groups is 1. The molecule has 1 rings (SSSR count). The largest absolute Gasteiger partial charge is 0.389 e. The van der Waals surface area contributed by atoms with Gasteiger partial charge in [-0.15, -0.1) is 0 Å². The van der Waals surface area contributed by atoms with Crippen LogP contribution >= 0.6 is 0 Å². The van der Waals surface area contributed by atoms with Gasteiger partial charge in [0.2, 0.25) is 0 Å². The Hall–Kier alpha value is -1.43. The highest BCUT2D eigenvalue weighted by Crippen LogP contribution is 2.14. The Labute approximate surface area is 133 Å². The van der Waals surface area contributed by atoms with Gasteiger partial charge in [-0.3, -0.25) is 0 Å². The summed E-state index contributed by atoms with van der Waals surface area (Å²) in [7, 11) is 1.84. The number of carbonyl (C=O) groups excluding carboxylic acids is 1. The molecule has 5 nitrogen and oxygen atoms in total. The lowest BCUT2D eigenvalue weighted by Gasteiger charge is -2.22. The van der Waals surface area contributed by atoms with E-state index in [0.717, 1.165) is 32.1 Å². The number of likely N-dealkylation sites (N-methyl/N-ethyl adjacent to an activating group) is 1. The highest BCUT2D eigenvalue weighted by atomic mass is 16.7. The SMILES string of the molecule is CNCC(C)(O)CCCCCCNOC(=O)c1ccccc1. The Balaban J connectivity index is 1.99. The maximum Gasteiger partial charge on any atom is 0.356 e. The van der Waals surface area contributed by atoms with Crippen molar-refractivity contribution < 1.29 is 14.7 Å². The second-order valence-corrected chi connectivity index (χ2v) is 5.84. The van der Waals surface area contributed by atoms with Crippen molar-refractivity contribution in [1.82, 2.24) is 10.8 Å². The first-order valence-electron chi connectivity index (χ1n) is 7.91. The average molecular weight is 308 g/mol. The van der Waals surface area contributed by atoms with Crippen LogP contribution in [-0.2, 0) is 4.84 Å². The zero-order chi connectivity index (χ0) is 16.3. The molecule has 1 aromatic carbocycles. The zero-order valence-electron chi connectivity index (χ0n) is 13.6. The van der Waals surface area contributed by atoms with Gasteiger partial charge in [-0.2, -0.15) is 5.48 Å². The monoisotopic (exact) mass is 308 g/mol. The van der Waals surface area contributed by atoms with Crippen molar-refractivity contribution in [2.75, 3.05) is 20.1 Å². The summed E-state index contributed by atoms with van der Waals surface area (Å²) in [6.45, 7) is 3.11. The molecule has 22 heavy (non-hydrogen) atoms. The molecule has 1 unspecified atom stereocenters. The highest BCUT2D eigenvalue weighted by Gasteiger charge is 2.17. The van der Waals surface area contributed by atoms with Crippen LogP contribution in [0.3, 0.4) is 0 Å². The van der Waals surface area contributed by atoms with E-state index in [9.17, 15) is 9.90 Å². The number of benzene rings is 1. The van der Waals surface area contributed by atoms with Crippen LogP contribution < -0.4 is 10.8 Å². The number of unbranched alkanes of at least 4 members (excludes halogenated alkanes) is 3. The predicted molar refractivity (Wildman–Crippen MR) is 87.5 cm³/mol. The summed E-state index contributed by atoms with van der Waals surface area (Å²) in [6.07, 6.45) is 4.85. The summed E-state index contributed by atoms with van der Waals surface area (Å²) < 4.78 is 0. The Morgan fingerprint density at radius 3 is 2.55 bits per heavy atom. The van der Waals surface area contributed by atoms with E-state index < -0.39 is 5.60 Å². The molecule has 1 aromatic rings. The van der Waals surface area contributed by atoms with Crippen molar-refractivity contribution in [2.24, 2.45) is 0 Å². The maximum absolute atomic E-state index is 11.6. The van der Waals surface area contributed by atoms with E-state index in [1.165, 1.54) is 0 Å². The fourth-order valence-corrected chi connectivity index (χ4v) is 2.28. The molecule has 0 radical (unpaired) electrons. The molecule has 0 aromatic heterocycles. The van der Waals surface area contributed by atoms with Crippen LogP contribution in [0, 0.1) is 0 Å². The fraction of sp³-hybridized carbons (Fsp3) is 0.588. The van der Waals surface area contributed by atoms with Crippen molar-refractivity contribution in [3.05, 3.63) is 35.9 Å². The molecule has 0 spiro atoms. The van der Waals surface area contributed by atoms with Gasteiger partial charge in [0.05, 0.1) is 11.2 Å². The standard InChI is InChI=1S/C17H28N2O3/c1-17(21,14-18-2)12-8-3-4-9-13-19-22-16(20)15-10-6-5-7-11-15/h5-7,10-11,18-19,21H,3-4,8-9,12-14H2,1-2H3. The lowest BCUT2D eigenvalue weighted by molar-refractivity contribution is 0.0249. The smallest absolute Gasteiger partial charge is 0.356 e. The Morgan fingerprint density at radius 1 is 1.18 bits per heavy atom. The third-order valence-corrected chi connectivity index (χ3v) is 3.48. The van der Waals surface area contributed by atoms with Crippen LogP contribution in [0.1, 0.15) is 49.4 Å². The van der Waals surface area contributed by atoms with Gasteiger partial charge in [-0.1, -0.05) is 37.5 Å². The Morgan fingerprint density at radius 2 is 1.86 bits per heavy atom. The van der Waals surface area contributed by atoms with E-state index in [1.54, 1.807) is 24.3 Å². The Kier molecular flexibility index (Phi) is 8.74. The van der Waals surface area contributed by atoms with E-state index in [2.05, 4.69) is 10.8 Å². The van der Waals surface area contributed by atoms with Crippen LogP contribution in [0.4, 0.5) is 0 Å². The number of hydrogen-bond donors (Lipinski definition) is 3. The number of hydroxylamine groups is 1. The van der Waals surface area contributed by atoms with E-state index in [4.69, 9.17) is 4.84 Å². The van der Waals surface area contributed by atoms with Crippen LogP contribution in [0.5, 0.6) is 0 Å². The molecule has 0 saturated heterocycles. The lowest BCUT2D eigenvalue weighted by atomic mass is 9.98. The van der Waals surface area contributed by atoms with Gasteiger partial charge < -0.3 is 15.3 Å². The molecule has 0 amide bonds. The Bertz CT molecular complexity index is 421. The fourth-order valence-electron chi connectivity index (χ4n) is 2.28. The molecular weight excluding hydrogens is 280 g/mol. The lowest BCUT2D eigenvalue weighted by Crippen LogP contribution is -2.35. The minimum Gasteiger partial charge on any atom is -0.389 e. The molecular formula is C17H28N2O3. The average Bonchev–Trinajstić information content (AvgIpc) is 2.50. The molecule has 1 atom stereocenters. The van der Waals surface area contributed by atoms with Crippen LogP contribution in [0.25, 0.3) is 0 Å². The summed E-state index contributed by atoms with van der Waals surface area (Å²) >= 11 is 0. The normalized spacial score (nSPS) is 13.6. The quantitative estimate of drug-likeness (QED) is 0.432. The summed E-state index contributed by atoms with van der Waals surface area (Å²) in [5.41, 5.74) is 2.62. The second-order valence-electron chi connectivity index (χ2n) is 5.84. The predicted octanol–water partition coefficient (Wildman–Crippen LogP) is 2.27. The van der Waals surface area contributed by atoms with Crippen LogP contribution in [0.15, 0.2) is 30.3 Å². The zero-order valence-corrected chi connectivity index (χ0v) is 13.6. The van der Waals surface area contributed by atoms with Crippen LogP contribution in [-0.4, -0.2) is 36.8 Å². The van der Waals surface area contributed by atoms with E-state index in [-0.39, 0.29) is 5.97 Å². The van der Waals surface area contributed by atoms with Crippen LogP contribution in [0.2, 0.25) is 0 Å². The molecule has 5 heteroatoms. The van der Waals surface area contributed by atoms with Gasteiger partial charge >= 0.3 is 5.97 Å². The summed E-state index contributed by atoms with van der Waals surface area (Å²) in [6, 6.07) is 8.92. The third kappa shape index (κ3) is 8.12. The van der Waals surface area contributed by atoms with E-state index in [1.807, 2.05) is 20.0 Å². The molecule has 0 saturated carbocycles. The van der Waals surface area contributed by atoms with Crippen molar-refractivity contribution in [2.45, 2.75) is 44.6 Å². The minimum atomic E-state index is -0.627. The van der Waals surface area contributed by atoms with Gasteiger partial charge in [-0.05, 0) is 38.9 Å². The number of rotatable bonds is 11. The summed E-state index contributed by atoms with van der Waals surface area (Å²) in [5.74, 6) is -0.358. The van der Waals surface area contributed by atoms with Gasteiger partial charge in [0, 0.05) is 13.1 Å². The van der Waals surface area contributed by atoms with Gasteiger partial charge in [0.25, 0.3) is 0 Å². The highest BCUT2D eigenvalue weighted by molar-refractivity contribution is 5.89. The first-order chi connectivity index (χ1) is 10.5. The maximum atomic E-state index is 11.6. The minimum absolute atomic E-state index is 0.358. The molecule has 0 heterocycles.